The Morgan fingerprint density at radius 1 is 1.24 bits per heavy atom. The molecular formula is C21H35ClO3. The Balaban J connectivity index is 2.40. The van der Waals surface area contributed by atoms with Gasteiger partial charge in [0.15, 0.2) is 0 Å². The highest BCUT2D eigenvalue weighted by atomic mass is 35.5. The summed E-state index contributed by atoms with van der Waals surface area (Å²) in [7, 11) is 1.42. The van der Waals surface area contributed by atoms with Crippen LogP contribution in [-0.2, 0) is 9.53 Å². The number of ether oxygens (including phenoxy) is 1. The highest BCUT2D eigenvalue weighted by Crippen LogP contribution is 2.64. The average molecular weight is 371 g/mol. The van der Waals surface area contributed by atoms with E-state index >= 15 is 0 Å². The normalized spacial score (nSPS) is 43.9. The molecule has 0 heterocycles. The van der Waals surface area contributed by atoms with Gasteiger partial charge >= 0.3 is 5.97 Å². The van der Waals surface area contributed by atoms with Crippen molar-refractivity contribution < 1.29 is 14.6 Å². The van der Waals surface area contributed by atoms with Crippen molar-refractivity contribution in [1.82, 2.24) is 0 Å². The molecule has 0 aliphatic heterocycles. The van der Waals surface area contributed by atoms with Crippen LogP contribution in [0.25, 0.3) is 0 Å². The van der Waals surface area contributed by atoms with Gasteiger partial charge in [-0.05, 0) is 76.0 Å². The zero-order valence-electron chi connectivity index (χ0n) is 16.7. The summed E-state index contributed by atoms with van der Waals surface area (Å²) in [6, 6.07) is 0. The van der Waals surface area contributed by atoms with Crippen molar-refractivity contribution in [2.75, 3.05) is 7.11 Å². The molecular weight excluding hydrogens is 336 g/mol. The minimum absolute atomic E-state index is 0.0384. The number of carbonyl (C=O) groups is 1. The quantitative estimate of drug-likeness (QED) is 0.425. The number of allylic oxidation sites excluding steroid dienone is 2. The standard InChI is InChI=1S/C21H35ClO3/c1-14(2)8-7-11-19(3)15-9-13-21(5,24)17(18(23)25-6)20(15,4)12-10-16(19)22/h8,15-17,24H,7,9-13H2,1-6H3/t15-,16-,17+,19-,20-,21-/m0/s1. The van der Waals surface area contributed by atoms with Gasteiger partial charge in [0, 0.05) is 5.38 Å². The molecule has 25 heavy (non-hydrogen) atoms. The molecule has 2 saturated carbocycles. The van der Waals surface area contributed by atoms with Gasteiger partial charge in [-0.2, -0.15) is 0 Å². The zero-order valence-corrected chi connectivity index (χ0v) is 17.4. The van der Waals surface area contributed by atoms with E-state index in [4.69, 9.17) is 16.3 Å². The lowest BCUT2D eigenvalue weighted by Crippen LogP contribution is -2.62. The lowest BCUT2D eigenvalue weighted by atomic mass is 9.44. The van der Waals surface area contributed by atoms with Crippen LogP contribution in [0.2, 0.25) is 0 Å². The lowest BCUT2D eigenvalue weighted by Gasteiger charge is -2.62. The average Bonchev–Trinajstić information content (AvgIpc) is 2.50. The van der Waals surface area contributed by atoms with E-state index in [9.17, 15) is 9.90 Å². The van der Waals surface area contributed by atoms with E-state index in [1.807, 2.05) is 0 Å². The molecule has 144 valence electrons. The third kappa shape index (κ3) is 3.64. The van der Waals surface area contributed by atoms with Crippen LogP contribution in [0.1, 0.15) is 73.1 Å². The van der Waals surface area contributed by atoms with Gasteiger partial charge < -0.3 is 9.84 Å². The van der Waals surface area contributed by atoms with Gasteiger partial charge in [0.1, 0.15) is 0 Å². The van der Waals surface area contributed by atoms with E-state index in [0.29, 0.717) is 12.3 Å². The fourth-order valence-corrected chi connectivity index (χ4v) is 6.22. The van der Waals surface area contributed by atoms with Crippen LogP contribution in [0.15, 0.2) is 11.6 Å². The molecule has 1 N–H and O–H groups in total. The number of rotatable bonds is 4. The Morgan fingerprint density at radius 2 is 1.88 bits per heavy atom. The summed E-state index contributed by atoms with van der Waals surface area (Å²) in [5.41, 5.74) is -0.00559. The number of methoxy groups -OCH3 is 1. The summed E-state index contributed by atoms with van der Waals surface area (Å²) < 4.78 is 5.11. The largest absolute Gasteiger partial charge is 0.469 e. The maximum absolute atomic E-state index is 12.6. The number of fused-ring (bicyclic) bond motifs is 1. The maximum atomic E-state index is 12.6. The molecule has 3 nitrogen and oxygen atoms in total. The SMILES string of the molecule is COC(=O)[C@@H]1[C@@]2(C)CC[C@H](Cl)[C@@](C)(CCC=C(C)C)[C@@H]2CC[C@]1(C)O. The topological polar surface area (TPSA) is 46.5 Å². The van der Waals surface area contributed by atoms with Gasteiger partial charge in [0.25, 0.3) is 0 Å². The van der Waals surface area contributed by atoms with Crippen LogP contribution < -0.4 is 0 Å². The van der Waals surface area contributed by atoms with Crippen LogP contribution in [0.5, 0.6) is 0 Å². The third-order valence-electron chi connectivity index (χ3n) is 7.14. The third-order valence-corrected chi connectivity index (χ3v) is 7.85. The Hall–Kier alpha value is -0.540. The number of esters is 1. The summed E-state index contributed by atoms with van der Waals surface area (Å²) in [6.45, 7) is 10.5. The summed E-state index contributed by atoms with van der Waals surface area (Å²) >= 11 is 6.85. The summed E-state index contributed by atoms with van der Waals surface area (Å²) in [5.74, 6) is -0.460. The second kappa shape index (κ2) is 7.23. The highest BCUT2D eigenvalue weighted by Gasteiger charge is 2.63. The first-order valence-corrected chi connectivity index (χ1v) is 10.0. The number of hydrogen-bond acceptors (Lipinski definition) is 3. The van der Waals surface area contributed by atoms with Crippen molar-refractivity contribution in [3.05, 3.63) is 11.6 Å². The second-order valence-corrected chi connectivity index (χ2v) is 9.77. The van der Waals surface area contributed by atoms with Crippen molar-refractivity contribution in [3.8, 4) is 0 Å². The van der Waals surface area contributed by atoms with Gasteiger partial charge in [-0.1, -0.05) is 25.5 Å². The van der Waals surface area contributed by atoms with Gasteiger partial charge in [-0.25, -0.2) is 0 Å². The molecule has 0 aromatic carbocycles. The van der Waals surface area contributed by atoms with E-state index < -0.39 is 11.5 Å². The Morgan fingerprint density at radius 3 is 2.44 bits per heavy atom. The Labute approximate surface area is 158 Å². The van der Waals surface area contributed by atoms with Gasteiger partial charge in [0.2, 0.25) is 0 Å². The maximum Gasteiger partial charge on any atom is 0.312 e. The highest BCUT2D eigenvalue weighted by molar-refractivity contribution is 6.21. The molecule has 2 aliphatic rings. The number of aliphatic hydroxyl groups is 1. The Bertz CT molecular complexity index is 537. The first-order chi connectivity index (χ1) is 11.5. The van der Waals surface area contributed by atoms with Gasteiger partial charge in [-0.15, -0.1) is 11.6 Å². The van der Waals surface area contributed by atoms with Crippen molar-refractivity contribution in [2.24, 2.45) is 22.7 Å². The summed E-state index contributed by atoms with van der Waals surface area (Å²) in [5, 5.41) is 11.1. The van der Waals surface area contributed by atoms with E-state index in [1.54, 1.807) is 6.92 Å². The minimum Gasteiger partial charge on any atom is -0.469 e. The van der Waals surface area contributed by atoms with Crippen LogP contribution >= 0.6 is 11.6 Å². The molecule has 4 heteroatoms. The molecule has 0 radical (unpaired) electrons. The molecule has 0 aromatic rings. The molecule has 0 aromatic heterocycles. The lowest BCUT2D eigenvalue weighted by molar-refractivity contribution is -0.196. The van der Waals surface area contributed by atoms with Crippen molar-refractivity contribution in [2.45, 2.75) is 84.1 Å². The molecule has 0 saturated heterocycles. The fraction of sp³-hybridized carbons (Fsp3) is 0.857. The first kappa shape index (κ1) is 20.8. The minimum atomic E-state index is -1.02. The fourth-order valence-electron chi connectivity index (χ4n) is 5.85. The number of hydrogen-bond donors (Lipinski definition) is 1. The predicted octanol–water partition coefficient (Wildman–Crippen LogP) is 5.10. The molecule has 2 aliphatic carbocycles. The number of halogens is 1. The smallest absolute Gasteiger partial charge is 0.312 e. The molecule has 0 unspecified atom stereocenters. The monoisotopic (exact) mass is 370 g/mol. The first-order valence-electron chi connectivity index (χ1n) is 9.56. The number of alkyl halides is 1. The van der Waals surface area contributed by atoms with Gasteiger partial charge in [0.05, 0.1) is 18.6 Å². The molecule has 0 bridgehead atoms. The zero-order chi connectivity index (χ0) is 19.0. The summed E-state index contributed by atoms with van der Waals surface area (Å²) in [4.78, 5) is 12.6. The van der Waals surface area contributed by atoms with Crippen molar-refractivity contribution in [3.63, 3.8) is 0 Å². The van der Waals surface area contributed by atoms with E-state index in [1.165, 1.54) is 12.7 Å². The van der Waals surface area contributed by atoms with E-state index in [2.05, 4.69) is 33.8 Å². The molecule has 0 spiro atoms. The molecule has 6 atom stereocenters. The van der Waals surface area contributed by atoms with Crippen LogP contribution in [0.3, 0.4) is 0 Å². The predicted molar refractivity (Wildman–Crippen MR) is 103 cm³/mol. The van der Waals surface area contributed by atoms with Crippen LogP contribution in [-0.4, -0.2) is 29.2 Å². The summed E-state index contributed by atoms with van der Waals surface area (Å²) in [6.07, 6.45) is 7.57. The molecule has 2 rings (SSSR count). The Kier molecular flexibility index (Phi) is 6.01. The molecule has 0 amide bonds. The molecule has 2 fully saturated rings. The van der Waals surface area contributed by atoms with Crippen LogP contribution in [0, 0.1) is 22.7 Å². The van der Waals surface area contributed by atoms with E-state index in [-0.39, 0.29) is 22.2 Å². The van der Waals surface area contributed by atoms with Crippen molar-refractivity contribution in [1.29, 1.82) is 0 Å². The van der Waals surface area contributed by atoms with E-state index in [0.717, 1.165) is 32.1 Å². The van der Waals surface area contributed by atoms with Crippen molar-refractivity contribution >= 4 is 17.6 Å². The van der Waals surface area contributed by atoms with Crippen LogP contribution in [0.4, 0.5) is 0 Å². The van der Waals surface area contributed by atoms with Gasteiger partial charge in [-0.3, -0.25) is 4.79 Å². The second-order valence-electron chi connectivity index (χ2n) is 9.24. The number of carbonyl (C=O) groups excluding carboxylic acids is 1.